The van der Waals surface area contributed by atoms with Gasteiger partial charge in [0.1, 0.15) is 5.75 Å². The summed E-state index contributed by atoms with van der Waals surface area (Å²) >= 11 is 3.76. The van der Waals surface area contributed by atoms with Crippen LogP contribution in [-0.2, 0) is 0 Å². The minimum atomic E-state index is 0.211. The number of alkyl halides is 1. The molecular weight excluding hydrogens is 300 g/mol. The predicted molar refractivity (Wildman–Crippen MR) is 84.2 cm³/mol. The molecule has 1 atom stereocenters. The van der Waals surface area contributed by atoms with E-state index in [1.54, 1.807) is 0 Å². The number of aryl methyl sites for hydroxylation is 1. The molecule has 0 heterocycles. The maximum Gasteiger partial charge on any atom is 0.119 e. The van der Waals surface area contributed by atoms with Gasteiger partial charge >= 0.3 is 0 Å². The molecule has 2 heteroatoms. The van der Waals surface area contributed by atoms with Crippen molar-refractivity contribution in [3.05, 3.63) is 65.2 Å². The van der Waals surface area contributed by atoms with Gasteiger partial charge < -0.3 is 4.74 Å². The van der Waals surface area contributed by atoms with Crippen LogP contribution < -0.4 is 4.74 Å². The molecule has 0 fully saturated rings. The summed E-state index contributed by atoms with van der Waals surface area (Å²) in [4.78, 5) is 0.223. The van der Waals surface area contributed by atoms with Crippen LogP contribution in [0.4, 0.5) is 0 Å². The van der Waals surface area contributed by atoms with Crippen molar-refractivity contribution < 1.29 is 4.74 Å². The van der Waals surface area contributed by atoms with Crippen LogP contribution in [-0.4, -0.2) is 6.10 Å². The molecule has 0 amide bonds. The lowest BCUT2D eigenvalue weighted by atomic mass is 10.0. The summed E-state index contributed by atoms with van der Waals surface area (Å²) in [5.41, 5.74) is 3.79. The molecule has 0 aliphatic heterocycles. The smallest absolute Gasteiger partial charge is 0.119 e. The SMILES string of the molecule is Cc1cccc(C(Br)c2ccc(OC(C)C)cc2)c1. The zero-order valence-electron chi connectivity index (χ0n) is 11.6. The number of rotatable bonds is 4. The molecule has 0 bridgehead atoms. The maximum atomic E-state index is 5.66. The highest BCUT2D eigenvalue weighted by Gasteiger charge is 2.10. The van der Waals surface area contributed by atoms with Gasteiger partial charge in [0.05, 0.1) is 10.9 Å². The second-order valence-electron chi connectivity index (χ2n) is 5.01. The molecule has 100 valence electrons. The van der Waals surface area contributed by atoms with Gasteiger partial charge in [-0.2, -0.15) is 0 Å². The minimum Gasteiger partial charge on any atom is -0.491 e. The lowest BCUT2D eigenvalue weighted by Gasteiger charge is -2.14. The first-order valence-corrected chi connectivity index (χ1v) is 7.45. The third kappa shape index (κ3) is 3.84. The quantitative estimate of drug-likeness (QED) is 0.698. The summed E-state index contributed by atoms with van der Waals surface area (Å²) in [5, 5.41) is 0. The van der Waals surface area contributed by atoms with Crippen LogP contribution in [0.1, 0.15) is 35.4 Å². The van der Waals surface area contributed by atoms with E-state index in [-0.39, 0.29) is 10.9 Å². The van der Waals surface area contributed by atoms with Crippen LogP contribution in [0.3, 0.4) is 0 Å². The van der Waals surface area contributed by atoms with Crippen molar-refractivity contribution in [3.63, 3.8) is 0 Å². The molecule has 2 aromatic rings. The van der Waals surface area contributed by atoms with E-state index in [9.17, 15) is 0 Å². The van der Waals surface area contributed by atoms with Gasteiger partial charge in [-0.1, -0.05) is 57.9 Å². The van der Waals surface area contributed by atoms with Gasteiger partial charge in [-0.3, -0.25) is 0 Å². The Kier molecular flexibility index (Phi) is 4.65. The Balaban J connectivity index is 2.17. The number of ether oxygens (including phenoxy) is 1. The average Bonchev–Trinajstić information content (AvgIpc) is 2.38. The molecule has 0 saturated carbocycles. The van der Waals surface area contributed by atoms with Gasteiger partial charge in [-0.05, 0) is 44.0 Å². The van der Waals surface area contributed by atoms with Gasteiger partial charge in [0.2, 0.25) is 0 Å². The van der Waals surface area contributed by atoms with E-state index >= 15 is 0 Å². The van der Waals surface area contributed by atoms with E-state index in [0.29, 0.717) is 0 Å². The first-order chi connectivity index (χ1) is 9.06. The summed E-state index contributed by atoms with van der Waals surface area (Å²) in [6, 6.07) is 16.8. The van der Waals surface area contributed by atoms with Gasteiger partial charge in [0.25, 0.3) is 0 Å². The van der Waals surface area contributed by atoms with Gasteiger partial charge in [-0.25, -0.2) is 0 Å². The topological polar surface area (TPSA) is 9.23 Å². The molecule has 0 spiro atoms. The van der Waals surface area contributed by atoms with Crippen LogP contribution in [0.25, 0.3) is 0 Å². The molecular formula is C17H19BrO. The van der Waals surface area contributed by atoms with Crippen molar-refractivity contribution >= 4 is 15.9 Å². The van der Waals surface area contributed by atoms with Crippen molar-refractivity contribution in [3.8, 4) is 5.75 Å². The van der Waals surface area contributed by atoms with E-state index in [0.717, 1.165) is 5.75 Å². The number of halogens is 1. The Morgan fingerprint density at radius 3 is 2.21 bits per heavy atom. The third-order valence-corrected chi connectivity index (χ3v) is 3.94. The highest BCUT2D eigenvalue weighted by atomic mass is 79.9. The highest BCUT2D eigenvalue weighted by Crippen LogP contribution is 2.32. The van der Waals surface area contributed by atoms with Crippen molar-refractivity contribution in [2.75, 3.05) is 0 Å². The summed E-state index contributed by atoms with van der Waals surface area (Å²) in [7, 11) is 0. The van der Waals surface area contributed by atoms with Gasteiger partial charge in [0.15, 0.2) is 0 Å². The average molecular weight is 319 g/mol. The van der Waals surface area contributed by atoms with E-state index in [2.05, 4.69) is 59.3 Å². The molecule has 0 N–H and O–H groups in total. The second-order valence-corrected chi connectivity index (χ2v) is 5.93. The van der Waals surface area contributed by atoms with E-state index in [4.69, 9.17) is 4.74 Å². The zero-order valence-corrected chi connectivity index (χ0v) is 13.1. The molecule has 2 aromatic carbocycles. The van der Waals surface area contributed by atoms with Crippen molar-refractivity contribution in [1.82, 2.24) is 0 Å². The Labute approximate surface area is 123 Å². The van der Waals surface area contributed by atoms with Crippen LogP contribution in [0.15, 0.2) is 48.5 Å². The maximum absolute atomic E-state index is 5.66. The summed E-state index contributed by atoms with van der Waals surface area (Å²) < 4.78 is 5.66. The Hall–Kier alpha value is -1.28. The fourth-order valence-corrected chi connectivity index (χ4v) is 2.60. The third-order valence-electron chi connectivity index (χ3n) is 2.88. The second kappa shape index (κ2) is 6.25. The Morgan fingerprint density at radius 2 is 1.63 bits per heavy atom. The van der Waals surface area contributed by atoms with Crippen LogP contribution in [0.5, 0.6) is 5.75 Å². The Morgan fingerprint density at radius 1 is 0.947 bits per heavy atom. The van der Waals surface area contributed by atoms with E-state index < -0.39 is 0 Å². The lowest BCUT2D eigenvalue weighted by molar-refractivity contribution is 0.242. The molecule has 1 unspecified atom stereocenters. The number of hydrogen-bond donors (Lipinski definition) is 0. The van der Waals surface area contributed by atoms with Crippen molar-refractivity contribution in [1.29, 1.82) is 0 Å². The number of hydrogen-bond acceptors (Lipinski definition) is 1. The Bertz CT molecular complexity index is 531. The normalized spacial score (nSPS) is 12.5. The van der Waals surface area contributed by atoms with Crippen molar-refractivity contribution in [2.24, 2.45) is 0 Å². The molecule has 0 aliphatic rings. The first kappa shape index (κ1) is 14.1. The minimum absolute atomic E-state index is 0.211. The van der Waals surface area contributed by atoms with Gasteiger partial charge in [-0.15, -0.1) is 0 Å². The largest absolute Gasteiger partial charge is 0.491 e. The summed E-state index contributed by atoms with van der Waals surface area (Å²) in [6.07, 6.45) is 0.211. The molecule has 0 aliphatic carbocycles. The first-order valence-electron chi connectivity index (χ1n) is 6.53. The lowest BCUT2D eigenvalue weighted by Crippen LogP contribution is -2.05. The number of benzene rings is 2. The fraction of sp³-hybridized carbons (Fsp3) is 0.294. The fourth-order valence-electron chi connectivity index (χ4n) is 2.01. The van der Waals surface area contributed by atoms with E-state index in [1.165, 1.54) is 16.7 Å². The van der Waals surface area contributed by atoms with E-state index in [1.807, 2.05) is 26.0 Å². The summed E-state index contributed by atoms with van der Waals surface area (Å²) in [5.74, 6) is 0.919. The van der Waals surface area contributed by atoms with Crippen LogP contribution >= 0.6 is 15.9 Å². The standard InChI is InChI=1S/C17H19BrO/c1-12(2)19-16-9-7-14(8-10-16)17(18)15-6-4-5-13(3)11-15/h4-12,17H,1-3H3. The molecule has 1 nitrogen and oxygen atoms in total. The highest BCUT2D eigenvalue weighted by molar-refractivity contribution is 9.09. The molecule has 2 rings (SSSR count). The van der Waals surface area contributed by atoms with Gasteiger partial charge in [0, 0.05) is 0 Å². The molecule has 0 aromatic heterocycles. The molecule has 0 radical (unpaired) electrons. The zero-order chi connectivity index (χ0) is 13.8. The summed E-state index contributed by atoms with van der Waals surface area (Å²) in [6.45, 7) is 6.19. The van der Waals surface area contributed by atoms with Crippen molar-refractivity contribution in [2.45, 2.75) is 31.7 Å². The van der Waals surface area contributed by atoms with Crippen LogP contribution in [0.2, 0.25) is 0 Å². The monoisotopic (exact) mass is 318 g/mol. The van der Waals surface area contributed by atoms with Crippen LogP contribution in [0, 0.1) is 6.92 Å². The molecule has 0 saturated heterocycles. The predicted octanol–water partition coefficient (Wildman–Crippen LogP) is 5.27. The molecule has 19 heavy (non-hydrogen) atoms.